The summed E-state index contributed by atoms with van der Waals surface area (Å²) in [5.74, 6) is -0.879. The van der Waals surface area contributed by atoms with Crippen LogP contribution in [-0.4, -0.2) is 11.7 Å². The molecule has 0 saturated heterocycles. The molecule has 0 spiro atoms. The molecule has 0 aromatic carbocycles. The molecule has 1 N–H and O–H groups in total. The normalized spacial score (nSPS) is 12.0. The lowest BCUT2D eigenvalue weighted by Gasteiger charge is -2.00. The summed E-state index contributed by atoms with van der Waals surface area (Å²) in [6, 6.07) is 2.06. The van der Waals surface area contributed by atoms with Gasteiger partial charge in [-0.2, -0.15) is 13.2 Å². The first kappa shape index (κ1) is 9.12. The van der Waals surface area contributed by atoms with Crippen molar-refractivity contribution in [2.75, 3.05) is 6.61 Å². The van der Waals surface area contributed by atoms with Gasteiger partial charge in [-0.25, -0.2) is 0 Å². The van der Waals surface area contributed by atoms with E-state index >= 15 is 0 Å². The molecular formula is C7H7F3O2. The van der Waals surface area contributed by atoms with Gasteiger partial charge in [0.15, 0.2) is 0 Å². The number of hydrogen-bond acceptors (Lipinski definition) is 2. The second-order valence-corrected chi connectivity index (χ2v) is 2.24. The largest absolute Gasteiger partial charge is 0.456 e. The minimum absolute atomic E-state index is 0.107. The van der Waals surface area contributed by atoms with Crippen LogP contribution in [-0.2, 0) is 12.6 Å². The summed E-state index contributed by atoms with van der Waals surface area (Å²) in [7, 11) is 0. The van der Waals surface area contributed by atoms with E-state index in [9.17, 15) is 13.2 Å². The molecule has 1 aromatic rings. The van der Waals surface area contributed by atoms with Crippen LogP contribution in [0.4, 0.5) is 13.2 Å². The van der Waals surface area contributed by atoms with Gasteiger partial charge in [0, 0.05) is 6.42 Å². The molecule has 1 aromatic heterocycles. The third kappa shape index (κ3) is 2.01. The maximum Gasteiger partial charge on any atom is 0.449 e. The van der Waals surface area contributed by atoms with Crippen LogP contribution in [0.2, 0.25) is 0 Å². The van der Waals surface area contributed by atoms with Gasteiger partial charge in [-0.05, 0) is 12.1 Å². The van der Waals surface area contributed by atoms with E-state index < -0.39 is 11.9 Å². The molecule has 0 amide bonds. The number of alkyl halides is 3. The highest BCUT2D eigenvalue weighted by atomic mass is 19.4. The van der Waals surface area contributed by atoms with E-state index in [1.165, 1.54) is 6.07 Å². The van der Waals surface area contributed by atoms with Crippen molar-refractivity contribution >= 4 is 0 Å². The van der Waals surface area contributed by atoms with Crippen molar-refractivity contribution in [3.8, 4) is 0 Å². The fraction of sp³-hybridized carbons (Fsp3) is 0.429. The summed E-state index contributed by atoms with van der Waals surface area (Å²) in [4.78, 5) is 0. The summed E-state index contributed by atoms with van der Waals surface area (Å²) in [6.07, 6.45) is -4.33. The fourth-order valence-electron chi connectivity index (χ4n) is 0.775. The quantitative estimate of drug-likeness (QED) is 0.753. The summed E-state index contributed by atoms with van der Waals surface area (Å²) in [5, 5.41) is 8.39. The Balaban J connectivity index is 2.77. The molecule has 2 nitrogen and oxygen atoms in total. The SMILES string of the molecule is OCCc1ccc(C(F)(F)F)o1. The highest BCUT2D eigenvalue weighted by Gasteiger charge is 2.34. The molecule has 0 aliphatic heterocycles. The van der Waals surface area contributed by atoms with E-state index in [-0.39, 0.29) is 18.8 Å². The average molecular weight is 180 g/mol. The molecule has 0 unspecified atom stereocenters. The number of aliphatic hydroxyl groups excluding tert-OH is 1. The fourth-order valence-corrected chi connectivity index (χ4v) is 0.775. The third-order valence-corrected chi connectivity index (χ3v) is 1.30. The molecule has 0 atom stereocenters. The first-order valence-corrected chi connectivity index (χ1v) is 3.31. The van der Waals surface area contributed by atoms with Crippen LogP contribution >= 0.6 is 0 Å². The van der Waals surface area contributed by atoms with Crippen molar-refractivity contribution in [3.63, 3.8) is 0 Å². The van der Waals surface area contributed by atoms with Crippen molar-refractivity contribution in [1.29, 1.82) is 0 Å². The van der Waals surface area contributed by atoms with Gasteiger partial charge in [0.2, 0.25) is 5.76 Å². The maximum atomic E-state index is 11.9. The number of hydrogen-bond donors (Lipinski definition) is 1. The molecule has 0 fully saturated rings. The van der Waals surface area contributed by atoms with Crippen LogP contribution in [0.5, 0.6) is 0 Å². The van der Waals surface area contributed by atoms with Crippen LogP contribution in [0.1, 0.15) is 11.5 Å². The monoisotopic (exact) mass is 180 g/mol. The van der Waals surface area contributed by atoms with Crippen molar-refractivity contribution in [1.82, 2.24) is 0 Å². The first-order chi connectivity index (χ1) is 5.54. The first-order valence-electron chi connectivity index (χ1n) is 3.31. The van der Waals surface area contributed by atoms with Crippen LogP contribution < -0.4 is 0 Å². The van der Waals surface area contributed by atoms with E-state index in [4.69, 9.17) is 5.11 Å². The molecule has 0 aliphatic carbocycles. The molecule has 0 bridgehead atoms. The smallest absolute Gasteiger partial charge is 0.449 e. The highest BCUT2D eigenvalue weighted by molar-refractivity contribution is 5.09. The van der Waals surface area contributed by atoms with Crippen LogP contribution in [0.15, 0.2) is 16.5 Å². The summed E-state index contributed by atoms with van der Waals surface area (Å²) in [6.45, 7) is -0.217. The zero-order valence-corrected chi connectivity index (χ0v) is 6.06. The van der Waals surface area contributed by atoms with E-state index in [2.05, 4.69) is 4.42 Å². The Labute approximate surface area is 66.6 Å². The van der Waals surface area contributed by atoms with Gasteiger partial charge in [-0.15, -0.1) is 0 Å². The Bertz CT molecular complexity index is 251. The Hall–Kier alpha value is -0.970. The van der Waals surface area contributed by atoms with Crippen molar-refractivity contribution < 1.29 is 22.7 Å². The number of aliphatic hydroxyl groups is 1. The minimum Gasteiger partial charge on any atom is -0.456 e. The van der Waals surface area contributed by atoms with E-state index in [0.29, 0.717) is 0 Å². The molecule has 68 valence electrons. The Kier molecular flexibility index (Phi) is 2.42. The molecule has 0 saturated carbocycles. The van der Waals surface area contributed by atoms with Crippen LogP contribution in [0, 0.1) is 0 Å². The van der Waals surface area contributed by atoms with Crippen LogP contribution in [0.25, 0.3) is 0 Å². The number of furan rings is 1. The van der Waals surface area contributed by atoms with Gasteiger partial charge in [0.25, 0.3) is 0 Å². The third-order valence-electron chi connectivity index (χ3n) is 1.30. The van der Waals surface area contributed by atoms with E-state index in [1.54, 1.807) is 0 Å². The molecule has 1 rings (SSSR count). The number of halogens is 3. The Morgan fingerprint density at radius 1 is 1.33 bits per heavy atom. The zero-order valence-electron chi connectivity index (χ0n) is 6.06. The second kappa shape index (κ2) is 3.18. The van der Waals surface area contributed by atoms with Gasteiger partial charge in [0.1, 0.15) is 5.76 Å². The molecule has 0 aliphatic rings. The zero-order chi connectivity index (χ0) is 9.19. The topological polar surface area (TPSA) is 33.4 Å². The minimum atomic E-state index is -4.44. The van der Waals surface area contributed by atoms with Crippen LogP contribution in [0.3, 0.4) is 0 Å². The molecule has 5 heteroatoms. The van der Waals surface area contributed by atoms with Gasteiger partial charge in [-0.3, -0.25) is 0 Å². The lowest BCUT2D eigenvalue weighted by molar-refractivity contribution is -0.153. The summed E-state index contributed by atoms with van der Waals surface area (Å²) < 4.78 is 40.1. The predicted octanol–water partition coefficient (Wildman–Crippen LogP) is 1.83. The van der Waals surface area contributed by atoms with Gasteiger partial charge < -0.3 is 9.52 Å². The molecule has 0 radical (unpaired) electrons. The lowest BCUT2D eigenvalue weighted by atomic mass is 10.3. The highest BCUT2D eigenvalue weighted by Crippen LogP contribution is 2.30. The predicted molar refractivity (Wildman–Crippen MR) is 34.5 cm³/mol. The molecule has 1 heterocycles. The van der Waals surface area contributed by atoms with Gasteiger partial charge >= 0.3 is 6.18 Å². The molecular weight excluding hydrogens is 173 g/mol. The van der Waals surface area contributed by atoms with Gasteiger partial charge in [-0.1, -0.05) is 0 Å². The van der Waals surface area contributed by atoms with Gasteiger partial charge in [0.05, 0.1) is 6.61 Å². The van der Waals surface area contributed by atoms with E-state index in [1.807, 2.05) is 0 Å². The average Bonchev–Trinajstić information content (AvgIpc) is 2.35. The summed E-state index contributed by atoms with van der Waals surface area (Å²) >= 11 is 0. The van der Waals surface area contributed by atoms with Crippen molar-refractivity contribution in [2.45, 2.75) is 12.6 Å². The lowest BCUT2D eigenvalue weighted by Crippen LogP contribution is -2.02. The second-order valence-electron chi connectivity index (χ2n) is 2.24. The molecule has 12 heavy (non-hydrogen) atoms. The maximum absolute atomic E-state index is 11.9. The Morgan fingerprint density at radius 3 is 2.42 bits per heavy atom. The Morgan fingerprint density at radius 2 is 2.00 bits per heavy atom. The standard InChI is InChI=1S/C7H7F3O2/c8-7(9,10)6-2-1-5(12-6)3-4-11/h1-2,11H,3-4H2. The summed E-state index contributed by atoms with van der Waals surface area (Å²) in [5.41, 5.74) is 0. The van der Waals surface area contributed by atoms with E-state index in [0.717, 1.165) is 6.07 Å². The number of rotatable bonds is 2. The van der Waals surface area contributed by atoms with Crippen molar-refractivity contribution in [3.05, 3.63) is 23.7 Å². The van der Waals surface area contributed by atoms with Crippen molar-refractivity contribution in [2.24, 2.45) is 0 Å².